The molecule has 8 nitrogen and oxygen atoms in total. The first kappa shape index (κ1) is 23.0. The van der Waals surface area contributed by atoms with Crippen molar-refractivity contribution < 1.29 is 22.7 Å². The molecule has 1 aromatic heterocycles. The van der Waals surface area contributed by atoms with Crippen LogP contribution in [0.25, 0.3) is 10.8 Å². The Labute approximate surface area is 193 Å². The first-order chi connectivity index (χ1) is 15.9. The number of hydrogen-bond donors (Lipinski definition) is 0. The van der Waals surface area contributed by atoms with Crippen molar-refractivity contribution in [1.82, 2.24) is 14.2 Å². The van der Waals surface area contributed by atoms with Crippen molar-refractivity contribution in [2.45, 2.75) is 24.8 Å². The largest absolute Gasteiger partial charge is 0.481 e. The standard InChI is InChI=1S/C24H27N3O5S/c1-18-16-25-23(31-2)20-10-6-11-21(22(18)20)33(29,30)27-13-7-12-26(14-15-27)24(28)32-17-19-8-4-3-5-9-19/h3-6,8-11,16H,7,12-15,17H2,1-2H3. The lowest BCUT2D eigenvalue weighted by Gasteiger charge is -2.22. The normalized spacial score (nSPS) is 15.3. The van der Waals surface area contributed by atoms with Crippen molar-refractivity contribution in [3.8, 4) is 5.88 Å². The molecule has 0 saturated carbocycles. The van der Waals surface area contributed by atoms with Gasteiger partial charge in [0.15, 0.2) is 0 Å². The summed E-state index contributed by atoms with van der Waals surface area (Å²) in [6.45, 7) is 3.24. The van der Waals surface area contributed by atoms with Gasteiger partial charge in [-0.3, -0.25) is 0 Å². The highest BCUT2D eigenvalue weighted by Gasteiger charge is 2.30. The van der Waals surface area contributed by atoms with E-state index in [1.807, 2.05) is 37.3 Å². The SMILES string of the molecule is COc1ncc(C)c2c(S(=O)(=O)N3CCCN(C(=O)OCc4ccccc4)CC3)cccc12. The molecule has 9 heteroatoms. The number of sulfonamides is 1. The summed E-state index contributed by atoms with van der Waals surface area (Å²) in [6.07, 6.45) is 1.70. The quantitative estimate of drug-likeness (QED) is 0.567. The minimum absolute atomic E-state index is 0.184. The Morgan fingerprint density at radius 3 is 2.58 bits per heavy atom. The second kappa shape index (κ2) is 9.76. The molecular weight excluding hydrogens is 442 g/mol. The zero-order valence-electron chi connectivity index (χ0n) is 18.7. The molecule has 1 fully saturated rings. The van der Waals surface area contributed by atoms with E-state index in [4.69, 9.17) is 9.47 Å². The van der Waals surface area contributed by atoms with Crippen LogP contribution in [0.3, 0.4) is 0 Å². The van der Waals surface area contributed by atoms with Crippen LogP contribution in [0.15, 0.2) is 59.6 Å². The summed E-state index contributed by atoms with van der Waals surface area (Å²) in [5.74, 6) is 0.385. The lowest BCUT2D eigenvalue weighted by molar-refractivity contribution is 0.0980. The molecule has 0 atom stereocenters. The average molecular weight is 470 g/mol. The predicted octanol–water partition coefficient (Wildman–Crippen LogP) is 3.59. The minimum Gasteiger partial charge on any atom is -0.481 e. The monoisotopic (exact) mass is 469 g/mol. The summed E-state index contributed by atoms with van der Waals surface area (Å²) in [5, 5.41) is 1.26. The Bertz CT molecular complexity index is 1250. The molecule has 3 aromatic rings. The van der Waals surface area contributed by atoms with Crippen molar-refractivity contribution in [1.29, 1.82) is 0 Å². The Morgan fingerprint density at radius 1 is 1.03 bits per heavy atom. The van der Waals surface area contributed by atoms with Gasteiger partial charge in [0.1, 0.15) is 6.61 Å². The number of amides is 1. The van der Waals surface area contributed by atoms with Gasteiger partial charge in [-0.1, -0.05) is 36.4 Å². The highest BCUT2D eigenvalue weighted by atomic mass is 32.2. The lowest BCUT2D eigenvalue weighted by Crippen LogP contribution is -2.37. The number of rotatable bonds is 5. The van der Waals surface area contributed by atoms with Gasteiger partial charge in [0, 0.05) is 43.1 Å². The zero-order chi connectivity index (χ0) is 23.4. The highest BCUT2D eigenvalue weighted by molar-refractivity contribution is 7.89. The molecule has 2 aromatic carbocycles. The van der Waals surface area contributed by atoms with Crippen molar-refractivity contribution >= 4 is 26.9 Å². The van der Waals surface area contributed by atoms with Gasteiger partial charge < -0.3 is 14.4 Å². The van der Waals surface area contributed by atoms with E-state index in [1.54, 1.807) is 29.3 Å². The Hall–Kier alpha value is -3.17. The molecule has 0 radical (unpaired) electrons. The number of aromatic nitrogens is 1. The fourth-order valence-corrected chi connectivity index (χ4v) is 5.80. The van der Waals surface area contributed by atoms with Crippen molar-refractivity contribution in [2.24, 2.45) is 0 Å². The number of benzene rings is 2. The van der Waals surface area contributed by atoms with E-state index < -0.39 is 16.1 Å². The molecule has 0 N–H and O–H groups in total. The van der Waals surface area contributed by atoms with Crippen molar-refractivity contribution in [3.05, 3.63) is 65.9 Å². The molecule has 0 spiro atoms. The third-order valence-electron chi connectivity index (χ3n) is 5.76. The number of fused-ring (bicyclic) bond motifs is 1. The van der Waals surface area contributed by atoms with E-state index in [2.05, 4.69) is 4.98 Å². The number of hydrogen-bond acceptors (Lipinski definition) is 6. The van der Waals surface area contributed by atoms with Gasteiger partial charge >= 0.3 is 6.09 Å². The smallest absolute Gasteiger partial charge is 0.410 e. The summed E-state index contributed by atoms with van der Waals surface area (Å²) in [4.78, 5) is 18.6. The van der Waals surface area contributed by atoms with Gasteiger partial charge in [-0.25, -0.2) is 18.2 Å². The van der Waals surface area contributed by atoms with E-state index in [0.717, 1.165) is 11.1 Å². The number of ether oxygens (including phenoxy) is 2. The molecule has 174 valence electrons. The van der Waals surface area contributed by atoms with E-state index in [1.165, 1.54) is 11.4 Å². The molecule has 1 amide bonds. The molecule has 2 heterocycles. The maximum atomic E-state index is 13.6. The van der Waals surface area contributed by atoms with Crippen LogP contribution < -0.4 is 4.74 Å². The Kier molecular flexibility index (Phi) is 6.80. The first-order valence-corrected chi connectivity index (χ1v) is 12.2. The first-order valence-electron chi connectivity index (χ1n) is 10.8. The van der Waals surface area contributed by atoms with E-state index in [9.17, 15) is 13.2 Å². The number of nitrogens with zero attached hydrogens (tertiary/aromatic N) is 3. The molecule has 1 aliphatic heterocycles. The summed E-state index contributed by atoms with van der Waals surface area (Å²) in [5.41, 5.74) is 1.66. The second-order valence-electron chi connectivity index (χ2n) is 7.91. The van der Waals surface area contributed by atoms with Gasteiger partial charge in [0.05, 0.1) is 12.0 Å². The summed E-state index contributed by atoms with van der Waals surface area (Å²) in [6, 6.07) is 14.6. The lowest BCUT2D eigenvalue weighted by atomic mass is 10.1. The number of carbonyl (C=O) groups is 1. The van der Waals surface area contributed by atoms with Gasteiger partial charge in [0.2, 0.25) is 15.9 Å². The number of pyridine rings is 1. The van der Waals surface area contributed by atoms with Crippen molar-refractivity contribution in [2.75, 3.05) is 33.3 Å². The summed E-state index contributed by atoms with van der Waals surface area (Å²) in [7, 11) is -2.28. The molecule has 33 heavy (non-hydrogen) atoms. The molecule has 0 bridgehead atoms. The second-order valence-corrected chi connectivity index (χ2v) is 9.82. The molecule has 1 saturated heterocycles. The van der Waals surface area contributed by atoms with Crippen LogP contribution in [-0.4, -0.2) is 62.0 Å². The third kappa shape index (κ3) is 4.79. The number of aryl methyl sites for hydroxylation is 1. The molecule has 1 aliphatic rings. The van der Waals surface area contributed by atoms with E-state index in [-0.39, 0.29) is 24.6 Å². The topological polar surface area (TPSA) is 89.0 Å². The molecular formula is C24H27N3O5S. The minimum atomic E-state index is -3.79. The maximum Gasteiger partial charge on any atom is 0.410 e. The van der Waals surface area contributed by atoms with Crippen LogP contribution in [0, 0.1) is 6.92 Å². The van der Waals surface area contributed by atoms with Gasteiger partial charge in [-0.2, -0.15) is 4.31 Å². The van der Waals surface area contributed by atoms with Crippen molar-refractivity contribution in [3.63, 3.8) is 0 Å². The maximum absolute atomic E-state index is 13.6. The van der Waals surface area contributed by atoms with Crippen LogP contribution in [0.4, 0.5) is 4.79 Å². The van der Waals surface area contributed by atoms with Crippen LogP contribution >= 0.6 is 0 Å². The zero-order valence-corrected chi connectivity index (χ0v) is 19.5. The molecule has 4 rings (SSSR count). The third-order valence-corrected chi connectivity index (χ3v) is 7.70. The molecule has 0 unspecified atom stereocenters. The molecule has 0 aliphatic carbocycles. The van der Waals surface area contributed by atoms with Crippen LogP contribution in [0.1, 0.15) is 17.5 Å². The average Bonchev–Trinajstić information content (AvgIpc) is 3.10. The van der Waals surface area contributed by atoms with Gasteiger partial charge in [-0.15, -0.1) is 0 Å². The van der Waals surface area contributed by atoms with Crippen LogP contribution in [0.5, 0.6) is 5.88 Å². The number of carbonyl (C=O) groups excluding carboxylic acids is 1. The summed E-state index contributed by atoms with van der Waals surface area (Å²) >= 11 is 0. The van der Waals surface area contributed by atoms with E-state index in [0.29, 0.717) is 36.2 Å². The Morgan fingerprint density at radius 2 is 1.82 bits per heavy atom. The van der Waals surface area contributed by atoms with Crippen LogP contribution in [-0.2, 0) is 21.4 Å². The van der Waals surface area contributed by atoms with Gasteiger partial charge in [-0.05, 0) is 36.6 Å². The Balaban J connectivity index is 1.52. The fourth-order valence-electron chi connectivity index (χ4n) is 4.05. The highest BCUT2D eigenvalue weighted by Crippen LogP contribution is 2.33. The van der Waals surface area contributed by atoms with E-state index >= 15 is 0 Å². The van der Waals surface area contributed by atoms with Crippen LogP contribution in [0.2, 0.25) is 0 Å². The number of methoxy groups -OCH3 is 1. The van der Waals surface area contributed by atoms with Gasteiger partial charge in [0.25, 0.3) is 0 Å². The summed E-state index contributed by atoms with van der Waals surface area (Å²) < 4.78 is 39.4. The fraction of sp³-hybridized carbons (Fsp3) is 0.333. The predicted molar refractivity (Wildman–Crippen MR) is 125 cm³/mol.